The van der Waals surface area contributed by atoms with Crippen molar-refractivity contribution in [2.75, 3.05) is 13.7 Å². The van der Waals surface area contributed by atoms with Crippen molar-refractivity contribution >= 4 is 17.6 Å². The fraction of sp³-hybridized carbons (Fsp3) is 0.263. The average Bonchev–Trinajstić information content (AvgIpc) is 2.67. The van der Waals surface area contributed by atoms with Gasteiger partial charge in [0.2, 0.25) is 0 Å². The van der Waals surface area contributed by atoms with Crippen molar-refractivity contribution in [3.8, 4) is 12.3 Å². The van der Waals surface area contributed by atoms with Gasteiger partial charge in [-0.05, 0) is 19.4 Å². The quantitative estimate of drug-likeness (QED) is 0.251. The predicted octanol–water partition coefficient (Wildman–Crippen LogP) is 1.68. The summed E-state index contributed by atoms with van der Waals surface area (Å²) in [5, 5.41) is 14.2. The minimum atomic E-state index is -0.900. The van der Waals surface area contributed by atoms with Gasteiger partial charge in [-0.15, -0.1) is 6.42 Å². The zero-order valence-corrected chi connectivity index (χ0v) is 15.6. The second-order valence-corrected chi connectivity index (χ2v) is 5.90. The summed E-state index contributed by atoms with van der Waals surface area (Å²) < 4.78 is 4.87. The number of hydrogen-bond donors (Lipinski definition) is 2. The SMILES string of the molecule is C#CCONC(=O)C1=C(C)NC(C)=C(C(=O)OC)C1c1cccc([N+](=O)[O-])c1. The summed E-state index contributed by atoms with van der Waals surface area (Å²) in [6, 6.07) is 5.72. The van der Waals surface area contributed by atoms with E-state index >= 15 is 0 Å². The number of methoxy groups -OCH3 is 1. The van der Waals surface area contributed by atoms with E-state index in [0.717, 1.165) is 0 Å². The molecule has 146 valence electrons. The molecule has 1 aliphatic heterocycles. The van der Waals surface area contributed by atoms with Crippen LogP contribution in [0.4, 0.5) is 5.69 Å². The van der Waals surface area contributed by atoms with Gasteiger partial charge in [0.15, 0.2) is 0 Å². The van der Waals surface area contributed by atoms with Gasteiger partial charge in [-0.3, -0.25) is 19.7 Å². The molecule has 0 saturated carbocycles. The van der Waals surface area contributed by atoms with E-state index in [-0.39, 0.29) is 23.4 Å². The molecule has 28 heavy (non-hydrogen) atoms. The molecule has 0 saturated heterocycles. The van der Waals surface area contributed by atoms with E-state index in [0.29, 0.717) is 17.0 Å². The normalized spacial score (nSPS) is 16.1. The van der Waals surface area contributed by atoms with Crippen molar-refractivity contribution in [3.63, 3.8) is 0 Å². The fourth-order valence-corrected chi connectivity index (χ4v) is 3.03. The molecule has 9 heteroatoms. The molecule has 1 aromatic rings. The highest BCUT2D eigenvalue weighted by molar-refractivity contribution is 6.01. The lowest BCUT2D eigenvalue weighted by molar-refractivity contribution is -0.384. The van der Waals surface area contributed by atoms with Gasteiger partial charge in [0.05, 0.1) is 29.1 Å². The molecule has 0 aromatic heterocycles. The van der Waals surface area contributed by atoms with Crippen molar-refractivity contribution in [2.45, 2.75) is 19.8 Å². The fourth-order valence-electron chi connectivity index (χ4n) is 3.03. The Labute approximate surface area is 161 Å². The second-order valence-electron chi connectivity index (χ2n) is 5.90. The Hall–Kier alpha value is -3.64. The van der Waals surface area contributed by atoms with Crippen LogP contribution in [0.5, 0.6) is 0 Å². The van der Waals surface area contributed by atoms with E-state index in [2.05, 4.69) is 16.7 Å². The lowest BCUT2D eigenvalue weighted by atomic mass is 9.80. The third-order valence-electron chi connectivity index (χ3n) is 4.15. The van der Waals surface area contributed by atoms with Crippen LogP contribution in [0.3, 0.4) is 0 Å². The van der Waals surface area contributed by atoms with E-state index in [1.54, 1.807) is 19.9 Å². The number of carbonyl (C=O) groups is 2. The smallest absolute Gasteiger partial charge is 0.336 e. The molecule has 1 atom stereocenters. The summed E-state index contributed by atoms with van der Waals surface area (Å²) in [5.41, 5.74) is 3.70. The number of amides is 1. The van der Waals surface area contributed by atoms with Crippen LogP contribution in [0.15, 0.2) is 46.8 Å². The largest absolute Gasteiger partial charge is 0.466 e. The summed E-state index contributed by atoms with van der Waals surface area (Å²) in [6.07, 6.45) is 5.10. The summed E-state index contributed by atoms with van der Waals surface area (Å²) >= 11 is 0. The van der Waals surface area contributed by atoms with E-state index < -0.39 is 22.7 Å². The Bertz CT molecular complexity index is 926. The molecule has 0 spiro atoms. The number of terminal acetylenes is 1. The van der Waals surface area contributed by atoms with Crippen molar-refractivity contribution in [2.24, 2.45) is 0 Å². The maximum atomic E-state index is 12.7. The van der Waals surface area contributed by atoms with Gasteiger partial charge in [-0.1, -0.05) is 18.1 Å². The van der Waals surface area contributed by atoms with Crippen LogP contribution in [0.25, 0.3) is 0 Å². The van der Waals surface area contributed by atoms with E-state index in [4.69, 9.17) is 16.0 Å². The highest BCUT2D eigenvalue weighted by Crippen LogP contribution is 2.39. The molecule has 0 bridgehead atoms. The number of nitro groups is 1. The Morgan fingerprint density at radius 1 is 1.32 bits per heavy atom. The van der Waals surface area contributed by atoms with Gasteiger partial charge in [-0.2, -0.15) is 0 Å². The van der Waals surface area contributed by atoms with E-state index in [1.165, 1.54) is 25.3 Å². The topological polar surface area (TPSA) is 120 Å². The molecule has 1 unspecified atom stereocenters. The second kappa shape index (κ2) is 8.83. The zero-order valence-electron chi connectivity index (χ0n) is 15.6. The Balaban J connectivity index is 2.61. The number of esters is 1. The van der Waals surface area contributed by atoms with Gasteiger partial charge in [0.25, 0.3) is 11.6 Å². The summed E-state index contributed by atoms with van der Waals surface area (Å²) in [4.78, 5) is 40.7. The first kappa shape index (κ1) is 20.7. The molecule has 2 N–H and O–H groups in total. The number of ether oxygens (including phenoxy) is 1. The zero-order chi connectivity index (χ0) is 20.8. The van der Waals surface area contributed by atoms with Gasteiger partial charge in [-0.25, -0.2) is 10.3 Å². The van der Waals surface area contributed by atoms with Crippen LogP contribution in [0, 0.1) is 22.5 Å². The number of benzene rings is 1. The standard InChI is InChI=1S/C19H19N3O6/c1-5-9-28-21-18(23)15-11(2)20-12(3)16(19(24)27-4)17(15)13-7-6-8-14(10-13)22(25)26/h1,6-8,10,17,20H,9H2,2-4H3,(H,21,23). The van der Waals surface area contributed by atoms with Crippen LogP contribution in [-0.2, 0) is 19.2 Å². The lowest BCUT2D eigenvalue weighted by Gasteiger charge is -2.30. The number of dihydropyridines is 1. The van der Waals surface area contributed by atoms with E-state index in [1.807, 2.05) is 0 Å². The van der Waals surface area contributed by atoms with Crippen LogP contribution >= 0.6 is 0 Å². The predicted molar refractivity (Wildman–Crippen MR) is 99.3 cm³/mol. The number of rotatable bonds is 6. The maximum Gasteiger partial charge on any atom is 0.336 e. The van der Waals surface area contributed by atoms with Crippen molar-refractivity contribution in [1.29, 1.82) is 0 Å². The molecule has 1 amide bonds. The minimum Gasteiger partial charge on any atom is -0.466 e. The van der Waals surface area contributed by atoms with Crippen molar-refractivity contribution < 1.29 is 24.1 Å². The molecule has 9 nitrogen and oxygen atoms in total. The summed E-state index contributed by atoms with van der Waals surface area (Å²) in [6.45, 7) is 3.16. The molecule has 1 aliphatic rings. The minimum absolute atomic E-state index is 0.147. The molecule has 0 radical (unpaired) electrons. The Kier molecular flexibility index (Phi) is 6.52. The third kappa shape index (κ3) is 4.19. The van der Waals surface area contributed by atoms with Crippen molar-refractivity contribution in [3.05, 3.63) is 62.5 Å². The van der Waals surface area contributed by atoms with Gasteiger partial charge in [0, 0.05) is 23.5 Å². The molecule has 0 fully saturated rings. The molecule has 1 heterocycles. The highest BCUT2D eigenvalue weighted by Gasteiger charge is 2.37. The number of nitrogens with one attached hydrogen (secondary N) is 2. The first-order valence-electron chi connectivity index (χ1n) is 8.18. The number of allylic oxidation sites excluding steroid dienone is 2. The van der Waals surface area contributed by atoms with Crippen LogP contribution < -0.4 is 10.8 Å². The van der Waals surface area contributed by atoms with Gasteiger partial charge >= 0.3 is 5.97 Å². The number of hydroxylamine groups is 1. The molecule has 1 aromatic carbocycles. The monoisotopic (exact) mass is 385 g/mol. The Morgan fingerprint density at radius 2 is 2.00 bits per heavy atom. The maximum absolute atomic E-state index is 12.7. The van der Waals surface area contributed by atoms with Gasteiger partial charge in [0.1, 0.15) is 6.61 Å². The molecular weight excluding hydrogens is 366 g/mol. The number of hydrogen-bond acceptors (Lipinski definition) is 7. The van der Waals surface area contributed by atoms with E-state index in [9.17, 15) is 19.7 Å². The van der Waals surface area contributed by atoms with Crippen molar-refractivity contribution in [1.82, 2.24) is 10.8 Å². The number of non-ortho nitro benzene ring substituents is 1. The Morgan fingerprint density at radius 3 is 2.61 bits per heavy atom. The van der Waals surface area contributed by atoms with Gasteiger partial charge < -0.3 is 10.1 Å². The third-order valence-corrected chi connectivity index (χ3v) is 4.15. The number of carbonyl (C=O) groups excluding carboxylic acids is 2. The molecular formula is C19H19N3O6. The van der Waals surface area contributed by atoms with Crippen LogP contribution in [0.1, 0.15) is 25.3 Å². The highest BCUT2D eigenvalue weighted by atomic mass is 16.6. The first-order valence-corrected chi connectivity index (χ1v) is 8.18. The molecule has 2 rings (SSSR count). The summed E-state index contributed by atoms with van der Waals surface area (Å²) in [5.74, 6) is 0.0195. The average molecular weight is 385 g/mol. The summed E-state index contributed by atoms with van der Waals surface area (Å²) in [7, 11) is 1.22. The molecule has 0 aliphatic carbocycles. The lowest BCUT2D eigenvalue weighted by Crippen LogP contribution is -2.36. The van der Waals surface area contributed by atoms with Crippen LogP contribution in [0.2, 0.25) is 0 Å². The number of nitro benzene ring substituents is 1. The first-order chi connectivity index (χ1) is 13.3. The van der Waals surface area contributed by atoms with Crippen LogP contribution in [-0.4, -0.2) is 30.5 Å². The number of nitrogens with zero attached hydrogens (tertiary/aromatic N) is 1.